The highest BCUT2D eigenvalue weighted by Gasteiger charge is 2.20. The van der Waals surface area contributed by atoms with Crippen molar-refractivity contribution in [1.29, 1.82) is 0 Å². The SMILES string of the molecule is CCCc1noc(Cc2ccc(C(=O)N(C)CCO)cc2)c1C(N)=O. The van der Waals surface area contributed by atoms with Crippen molar-refractivity contribution in [1.82, 2.24) is 10.1 Å². The highest BCUT2D eigenvalue weighted by Crippen LogP contribution is 2.19. The summed E-state index contributed by atoms with van der Waals surface area (Å²) in [5.41, 5.74) is 7.80. The molecule has 2 rings (SSSR count). The third-order valence-corrected chi connectivity index (χ3v) is 3.91. The molecular formula is C18H23N3O4. The summed E-state index contributed by atoms with van der Waals surface area (Å²) in [6.07, 6.45) is 1.84. The minimum absolute atomic E-state index is 0.0815. The maximum absolute atomic E-state index is 12.1. The van der Waals surface area contributed by atoms with Gasteiger partial charge in [-0.25, -0.2) is 0 Å². The average molecular weight is 345 g/mol. The molecule has 2 aromatic rings. The van der Waals surface area contributed by atoms with Crippen LogP contribution in [0.3, 0.4) is 0 Å². The van der Waals surface area contributed by atoms with Gasteiger partial charge in [0, 0.05) is 25.6 Å². The zero-order valence-corrected chi connectivity index (χ0v) is 14.5. The van der Waals surface area contributed by atoms with E-state index >= 15 is 0 Å². The standard InChI is InChI=1S/C18H23N3O4/c1-3-4-14-16(17(19)23)15(25-20-14)11-12-5-7-13(8-6-12)18(24)21(2)9-10-22/h5-8,22H,3-4,9-11H2,1-2H3,(H2,19,23). The third-order valence-electron chi connectivity index (χ3n) is 3.91. The van der Waals surface area contributed by atoms with Crippen LogP contribution in [-0.4, -0.2) is 47.2 Å². The molecule has 2 amide bonds. The zero-order valence-electron chi connectivity index (χ0n) is 14.5. The van der Waals surface area contributed by atoms with Crippen molar-refractivity contribution in [3.05, 3.63) is 52.4 Å². The van der Waals surface area contributed by atoms with Crippen LogP contribution in [0.2, 0.25) is 0 Å². The van der Waals surface area contributed by atoms with Crippen molar-refractivity contribution in [2.24, 2.45) is 5.73 Å². The van der Waals surface area contributed by atoms with Crippen molar-refractivity contribution in [2.45, 2.75) is 26.2 Å². The predicted molar refractivity (Wildman–Crippen MR) is 92.3 cm³/mol. The van der Waals surface area contributed by atoms with Gasteiger partial charge in [0.25, 0.3) is 11.8 Å². The van der Waals surface area contributed by atoms with Gasteiger partial charge in [-0.1, -0.05) is 30.6 Å². The molecule has 0 unspecified atom stereocenters. The van der Waals surface area contributed by atoms with E-state index < -0.39 is 5.91 Å². The van der Waals surface area contributed by atoms with Crippen LogP contribution in [-0.2, 0) is 12.8 Å². The third kappa shape index (κ3) is 4.45. The molecule has 1 heterocycles. The number of aliphatic hydroxyl groups is 1. The smallest absolute Gasteiger partial charge is 0.254 e. The second-order valence-corrected chi connectivity index (χ2v) is 5.87. The second kappa shape index (κ2) is 8.43. The van der Waals surface area contributed by atoms with Gasteiger partial charge in [0.1, 0.15) is 5.56 Å². The number of nitrogens with two attached hydrogens (primary N) is 1. The molecule has 3 N–H and O–H groups in total. The molecule has 0 bridgehead atoms. The molecule has 1 aromatic heterocycles. The number of primary amides is 1. The first kappa shape index (κ1) is 18.7. The summed E-state index contributed by atoms with van der Waals surface area (Å²) in [5, 5.41) is 12.9. The van der Waals surface area contributed by atoms with Crippen LogP contribution < -0.4 is 5.73 Å². The van der Waals surface area contributed by atoms with Gasteiger partial charge < -0.3 is 20.3 Å². The summed E-state index contributed by atoms with van der Waals surface area (Å²) < 4.78 is 5.31. The Bertz CT molecular complexity index is 737. The van der Waals surface area contributed by atoms with Crippen LogP contribution in [0.5, 0.6) is 0 Å². The fourth-order valence-electron chi connectivity index (χ4n) is 2.59. The Hall–Kier alpha value is -2.67. The second-order valence-electron chi connectivity index (χ2n) is 5.87. The first-order valence-electron chi connectivity index (χ1n) is 8.20. The summed E-state index contributed by atoms with van der Waals surface area (Å²) in [7, 11) is 1.63. The Labute approximate surface area is 146 Å². The van der Waals surface area contributed by atoms with Crippen LogP contribution in [0.1, 0.15) is 51.1 Å². The molecule has 7 nitrogen and oxygen atoms in total. The van der Waals surface area contributed by atoms with E-state index in [1.165, 1.54) is 4.90 Å². The molecule has 0 saturated carbocycles. The van der Waals surface area contributed by atoms with Crippen molar-refractivity contribution in [3.63, 3.8) is 0 Å². The van der Waals surface area contributed by atoms with E-state index in [0.717, 1.165) is 12.0 Å². The molecule has 134 valence electrons. The highest BCUT2D eigenvalue weighted by molar-refractivity contribution is 5.95. The summed E-state index contributed by atoms with van der Waals surface area (Å²) in [5.74, 6) is -0.270. The van der Waals surface area contributed by atoms with E-state index in [1.807, 2.05) is 6.92 Å². The zero-order chi connectivity index (χ0) is 18.4. The number of hydrogen-bond donors (Lipinski definition) is 2. The average Bonchev–Trinajstić information content (AvgIpc) is 2.98. The van der Waals surface area contributed by atoms with E-state index in [2.05, 4.69) is 5.16 Å². The molecule has 0 spiro atoms. The number of hydrogen-bond acceptors (Lipinski definition) is 5. The molecule has 0 saturated heterocycles. The van der Waals surface area contributed by atoms with Gasteiger partial charge in [0.2, 0.25) is 0 Å². The molecule has 0 atom stereocenters. The van der Waals surface area contributed by atoms with Crippen molar-refractivity contribution >= 4 is 11.8 Å². The fraction of sp³-hybridized carbons (Fsp3) is 0.389. The minimum Gasteiger partial charge on any atom is -0.395 e. The summed E-state index contributed by atoms with van der Waals surface area (Å²) in [6, 6.07) is 7.01. The van der Waals surface area contributed by atoms with Crippen LogP contribution in [0.15, 0.2) is 28.8 Å². The van der Waals surface area contributed by atoms with E-state index in [0.29, 0.717) is 35.4 Å². The molecule has 1 aromatic carbocycles. The molecule has 0 aliphatic rings. The number of benzene rings is 1. The van der Waals surface area contributed by atoms with Gasteiger partial charge in [0.15, 0.2) is 5.76 Å². The van der Waals surface area contributed by atoms with E-state index in [9.17, 15) is 9.59 Å². The number of carbonyl (C=O) groups is 2. The molecular weight excluding hydrogens is 322 g/mol. The van der Waals surface area contributed by atoms with Crippen LogP contribution >= 0.6 is 0 Å². The molecule has 0 aliphatic carbocycles. The van der Waals surface area contributed by atoms with Crippen molar-refractivity contribution < 1.29 is 19.2 Å². The largest absolute Gasteiger partial charge is 0.395 e. The number of nitrogens with zero attached hydrogens (tertiary/aromatic N) is 2. The van der Waals surface area contributed by atoms with Crippen LogP contribution in [0, 0.1) is 0 Å². The van der Waals surface area contributed by atoms with E-state index in [1.54, 1.807) is 31.3 Å². The summed E-state index contributed by atoms with van der Waals surface area (Å²) in [6.45, 7) is 2.19. The van der Waals surface area contributed by atoms with Gasteiger partial charge in [0.05, 0.1) is 12.3 Å². The first-order valence-corrected chi connectivity index (χ1v) is 8.20. The molecule has 7 heteroatoms. The summed E-state index contributed by atoms with van der Waals surface area (Å²) in [4.78, 5) is 25.3. The number of aromatic nitrogens is 1. The number of rotatable bonds is 8. The van der Waals surface area contributed by atoms with E-state index in [-0.39, 0.29) is 19.1 Å². The molecule has 0 radical (unpaired) electrons. The van der Waals surface area contributed by atoms with Gasteiger partial charge in [-0.15, -0.1) is 0 Å². The topological polar surface area (TPSA) is 110 Å². The predicted octanol–water partition coefficient (Wildman–Crippen LogP) is 1.38. The lowest BCUT2D eigenvalue weighted by atomic mass is 10.0. The normalized spacial score (nSPS) is 10.7. The maximum atomic E-state index is 12.1. The Balaban J connectivity index is 2.17. The molecule has 25 heavy (non-hydrogen) atoms. The van der Waals surface area contributed by atoms with Crippen LogP contribution in [0.25, 0.3) is 0 Å². The number of likely N-dealkylation sites (N-methyl/N-ethyl adjacent to an activating group) is 1. The van der Waals surface area contributed by atoms with E-state index in [4.69, 9.17) is 15.4 Å². The number of aliphatic hydroxyl groups excluding tert-OH is 1. The van der Waals surface area contributed by atoms with Gasteiger partial charge >= 0.3 is 0 Å². The Morgan fingerprint density at radius 3 is 2.52 bits per heavy atom. The van der Waals surface area contributed by atoms with Crippen LogP contribution in [0.4, 0.5) is 0 Å². The Morgan fingerprint density at radius 1 is 1.28 bits per heavy atom. The summed E-state index contributed by atoms with van der Waals surface area (Å²) >= 11 is 0. The fourth-order valence-corrected chi connectivity index (χ4v) is 2.59. The van der Waals surface area contributed by atoms with Crippen molar-refractivity contribution in [2.75, 3.05) is 20.2 Å². The maximum Gasteiger partial charge on any atom is 0.254 e. The van der Waals surface area contributed by atoms with Gasteiger partial charge in [-0.05, 0) is 24.1 Å². The lowest BCUT2D eigenvalue weighted by Crippen LogP contribution is -2.29. The number of carbonyl (C=O) groups excluding carboxylic acids is 2. The first-order chi connectivity index (χ1) is 12.0. The van der Waals surface area contributed by atoms with Crippen molar-refractivity contribution in [3.8, 4) is 0 Å². The minimum atomic E-state index is -0.544. The lowest BCUT2D eigenvalue weighted by Gasteiger charge is -2.15. The number of aryl methyl sites for hydroxylation is 1. The monoisotopic (exact) mass is 345 g/mol. The van der Waals surface area contributed by atoms with Gasteiger partial charge in [-0.2, -0.15) is 0 Å². The molecule has 0 aliphatic heterocycles. The lowest BCUT2D eigenvalue weighted by molar-refractivity contribution is 0.0767. The Kier molecular flexibility index (Phi) is 6.30. The van der Waals surface area contributed by atoms with Gasteiger partial charge in [-0.3, -0.25) is 9.59 Å². The number of amides is 2. The molecule has 0 fully saturated rings. The Morgan fingerprint density at radius 2 is 1.96 bits per heavy atom. The quantitative estimate of drug-likeness (QED) is 0.751. The highest BCUT2D eigenvalue weighted by atomic mass is 16.5.